The molecule has 0 saturated carbocycles. The lowest BCUT2D eigenvalue weighted by Crippen LogP contribution is -2.44. The van der Waals surface area contributed by atoms with Gasteiger partial charge in [-0.15, -0.1) is 0 Å². The van der Waals surface area contributed by atoms with Crippen LogP contribution in [0.1, 0.15) is 31.9 Å². The van der Waals surface area contributed by atoms with Crippen LogP contribution in [0.15, 0.2) is 24.3 Å². The zero-order valence-electron chi connectivity index (χ0n) is 11.5. The van der Waals surface area contributed by atoms with Gasteiger partial charge < -0.3 is 9.84 Å². The first-order valence-corrected chi connectivity index (χ1v) is 6.67. The average molecular weight is 249 g/mol. The normalized spacial score (nSPS) is 27.1. The molecule has 0 aromatic heterocycles. The summed E-state index contributed by atoms with van der Waals surface area (Å²) in [6, 6.07) is 7.87. The number of nitrogens with zero attached hydrogens (tertiary/aromatic N) is 1. The smallest absolute Gasteiger partial charge is 0.115 e. The van der Waals surface area contributed by atoms with Crippen molar-refractivity contribution in [2.45, 2.75) is 32.4 Å². The second kappa shape index (κ2) is 5.72. The number of phenolic OH excluding ortho intramolecular Hbond substituents is 1. The summed E-state index contributed by atoms with van der Waals surface area (Å²) in [5, 5.41) is 9.56. The van der Waals surface area contributed by atoms with Crippen molar-refractivity contribution in [2.75, 3.05) is 20.2 Å². The highest BCUT2D eigenvalue weighted by molar-refractivity contribution is 5.29. The van der Waals surface area contributed by atoms with E-state index in [1.54, 1.807) is 13.2 Å². The molecule has 3 atom stereocenters. The van der Waals surface area contributed by atoms with Gasteiger partial charge in [0.2, 0.25) is 0 Å². The summed E-state index contributed by atoms with van der Waals surface area (Å²) < 4.78 is 5.55. The van der Waals surface area contributed by atoms with Crippen molar-refractivity contribution in [2.24, 2.45) is 5.92 Å². The summed E-state index contributed by atoms with van der Waals surface area (Å²) in [4.78, 5) is 2.43. The fourth-order valence-electron chi connectivity index (χ4n) is 2.71. The van der Waals surface area contributed by atoms with Crippen molar-refractivity contribution in [3.63, 3.8) is 0 Å². The van der Waals surface area contributed by atoms with Crippen LogP contribution in [0.5, 0.6) is 5.75 Å². The maximum absolute atomic E-state index is 9.56. The minimum atomic E-state index is 0.318. The van der Waals surface area contributed by atoms with Crippen LogP contribution in [0.4, 0.5) is 0 Å². The van der Waals surface area contributed by atoms with Crippen LogP contribution in [0.25, 0.3) is 0 Å². The first-order valence-electron chi connectivity index (χ1n) is 6.67. The molecular weight excluding hydrogens is 226 g/mol. The lowest BCUT2D eigenvalue weighted by atomic mass is 9.93. The van der Waals surface area contributed by atoms with Gasteiger partial charge in [-0.3, -0.25) is 4.90 Å². The lowest BCUT2D eigenvalue weighted by molar-refractivity contribution is -0.0170. The Hall–Kier alpha value is -1.06. The maximum Gasteiger partial charge on any atom is 0.115 e. The molecule has 1 fully saturated rings. The molecule has 1 aromatic carbocycles. The van der Waals surface area contributed by atoms with E-state index in [-0.39, 0.29) is 0 Å². The minimum absolute atomic E-state index is 0.318. The molecule has 0 amide bonds. The van der Waals surface area contributed by atoms with Gasteiger partial charge in [-0.05, 0) is 43.5 Å². The molecule has 0 aliphatic carbocycles. The van der Waals surface area contributed by atoms with Gasteiger partial charge in [-0.1, -0.05) is 19.1 Å². The SMILES string of the molecule is COC1CN(C(C)c2cccc(O)c2)CCC1C. The van der Waals surface area contributed by atoms with E-state index in [4.69, 9.17) is 4.74 Å². The highest BCUT2D eigenvalue weighted by Crippen LogP contribution is 2.28. The average Bonchev–Trinajstić information content (AvgIpc) is 2.38. The number of hydrogen-bond donors (Lipinski definition) is 1. The van der Waals surface area contributed by atoms with E-state index >= 15 is 0 Å². The van der Waals surface area contributed by atoms with Crippen molar-refractivity contribution in [1.29, 1.82) is 0 Å². The third-order valence-electron chi connectivity index (χ3n) is 4.12. The number of benzene rings is 1. The fourth-order valence-corrected chi connectivity index (χ4v) is 2.71. The van der Waals surface area contributed by atoms with E-state index in [0.717, 1.165) is 13.1 Å². The third-order valence-corrected chi connectivity index (χ3v) is 4.12. The molecule has 100 valence electrons. The van der Waals surface area contributed by atoms with Crippen molar-refractivity contribution in [1.82, 2.24) is 4.90 Å². The fraction of sp³-hybridized carbons (Fsp3) is 0.600. The Morgan fingerprint density at radius 1 is 1.44 bits per heavy atom. The van der Waals surface area contributed by atoms with Gasteiger partial charge in [0.15, 0.2) is 0 Å². The molecule has 1 N–H and O–H groups in total. The summed E-state index contributed by atoms with van der Waals surface area (Å²) in [7, 11) is 1.80. The largest absolute Gasteiger partial charge is 0.508 e. The van der Waals surface area contributed by atoms with Gasteiger partial charge in [0.25, 0.3) is 0 Å². The van der Waals surface area contributed by atoms with Gasteiger partial charge in [0.05, 0.1) is 6.10 Å². The Morgan fingerprint density at radius 3 is 2.89 bits per heavy atom. The molecule has 0 spiro atoms. The highest BCUT2D eigenvalue weighted by atomic mass is 16.5. The maximum atomic E-state index is 9.56. The van der Waals surface area contributed by atoms with E-state index in [9.17, 15) is 5.11 Å². The predicted octanol–water partition coefficient (Wildman–Crippen LogP) is 2.81. The van der Waals surface area contributed by atoms with Crippen molar-refractivity contribution in [3.8, 4) is 5.75 Å². The molecule has 1 aliphatic heterocycles. The molecule has 1 heterocycles. The van der Waals surface area contributed by atoms with Crippen LogP contribution >= 0.6 is 0 Å². The topological polar surface area (TPSA) is 32.7 Å². The zero-order valence-corrected chi connectivity index (χ0v) is 11.5. The second-order valence-corrected chi connectivity index (χ2v) is 5.31. The minimum Gasteiger partial charge on any atom is -0.508 e. The Balaban J connectivity index is 2.07. The molecule has 1 saturated heterocycles. The number of rotatable bonds is 3. The first-order chi connectivity index (χ1) is 8.61. The summed E-state index contributed by atoms with van der Waals surface area (Å²) in [6.45, 7) is 6.51. The number of ether oxygens (including phenoxy) is 1. The Morgan fingerprint density at radius 2 is 2.22 bits per heavy atom. The predicted molar refractivity (Wildman–Crippen MR) is 72.7 cm³/mol. The van der Waals surface area contributed by atoms with Gasteiger partial charge >= 0.3 is 0 Å². The van der Waals surface area contributed by atoms with Gasteiger partial charge in [0.1, 0.15) is 5.75 Å². The molecule has 1 aromatic rings. The van der Waals surface area contributed by atoms with Crippen molar-refractivity contribution >= 4 is 0 Å². The molecule has 1 aliphatic rings. The molecule has 3 unspecified atom stereocenters. The summed E-state index contributed by atoms with van der Waals surface area (Å²) >= 11 is 0. The number of hydrogen-bond acceptors (Lipinski definition) is 3. The molecular formula is C15H23NO2. The highest BCUT2D eigenvalue weighted by Gasteiger charge is 2.29. The Labute approximate surface area is 109 Å². The number of aromatic hydroxyl groups is 1. The first kappa shape index (κ1) is 13.4. The van der Waals surface area contributed by atoms with Gasteiger partial charge in [0, 0.05) is 19.7 Å². The van der Waals surface area contributed by atoms with Crippen LogP contribution in [-0.2, 0) is 4.74 Å². The lowest BCUT2D eigenvalue weighted by Gasteiger charge is -2.39. The van der Waals surface area contributed by atoms with E-state index in [2.05, 4.69) is 24.8 Å². The molecule has 18 heavy (non-hydrogen) atoms. The van der Waals surface area contributed by atoms with Crippen LogP contribution in [-0.4, -0.2) is 36.3 Å². The van der Waals surface area contributed by atoms with E-state index in [1.807, 2.05) is 12.1 Å². The van der Waals surface area contributed by atoms with Gasteiger partial charge in [-0.2, -0.15) is 0 Å². The monoisotopic (exact) mass is 249 g/mol. The quantitative estimate of drug-likeness (QED) is 0.894. The molecule has 3 heteroatoms. The third kappa shape index (κ3) is 2.85. The van der Waals surface area contributed by atoms with E-state index < -0.39 is 0 Å². The molecule has 0 bridgehead atoms. The van der Waals surface area contributed by atoms with Crippen LogP contribution in [0.3, 0.4) is 0 Å². The van der Waals surface area contributed by atoms with Crippen LogP contribution in [0, 0.1) is 5.92 Å². The van der Waals surface area contributed by atoms with Crippen LogP contribution in [0.2, 0.25) is 0 Å². The second-order valence-electron chi connectivity index (χ2n) is 5.31. The van der Waals surface area contributed by atoms with Crippen molar-refractivity contribution < 1.29 is 9.84 Å². The molecule has 0 radical (unpaired) electrons. The summed E-state index contributed by atoms with van der Waals surface area (Å²) in [5.41, 5.74) is 1.17. The number of likely N-dealkylation sites (tertiary alicyclic amines) is 1. The Bertz CT molecular complexity index is 394. The Kier molecular flexibility index (Phi) is 4.25. The van der Waals surface area contributed by atoms with E-state index in [0.29, 0.717) is 23.8 Å². The molecule has 2 rings (SSSR count). The number of phenols is 1. The standard InChI is InChI=1S/C15H23NO2/c1-11-7-8-16(10-15(11)18-3)12(2)13-5-4-6-14(17)9-13/h4-6,9,11-12,15,17H,7-8,10H2,1-3H3. The van der Waals surface area contributed by atoms with E-state index in [1.165, 1.54) is 12.0 Å². The van der Waals surface area contributed by atoms with Gasteiger partial charge in [-0.25, -0.2) is 0 Å². The summed E-state index contributed by atoms with van der Waals surface area (Å²) in [5.74, 6) is 0.968. The van der Waals surface area contributed by atoms with Crippen LogP contribution < -0.4 is 0 Å². The molecule has 3 nitrogen and oxygen atoms in total. The number of piperidine rings is 1. The zero-order chi connectivity index (χ0) is 13.1. The summed E-state index contributed by atoms with van der Waals surface area (Å²) in [6.07, 6.45) is 1.49. The number of methoxy groups -OCH3 is 1. The van der Waals surface area contributed by atoms with Crippen molar-refractivity contribution in [3.05, 3.63) is 29.8 Å².